The molecule has 1 saturated heterocycles. The molecular weight excluding hydrogens is 296 g/mol. The van der Waals surface area contributed by atoms with Crippen LogP contribution in [0.3, 0.4) is 0 Å². The number of benzene rings is 1. The van der Waals surface area contributed by atoms with Crippen LogP contribution in [0.2, 0.25) is 0 Å². The maximum absolute atomic E-state index is 12.2. The molecule has 1 fully saturated rings. The summed E-state index contributed by atoms with van der Waals surface area (Å²) in [6, 6.07) is 7.01. The summed E-state index contributed by atoms with van der Waals surface area (Å²) in [7, 11) is 0. The van der Waals surface area contributed by atoms with E-state index in [0.29, 0.717) is 5.56 Å². The van der Waals surface area contributed by atoms with Crippen molar-refractivity contribution in [3.8, 4) is 0 Å². The molecule has 1 amide bonds. The lowest BCUT2D eigenvalue weighted by atomic mass is 10.1. The van der Waals surface area contributed by atoms with Crippen molar-refractivity contribution in [1.29, 1.82) is 0 Å². The minimum absolute atomic E-state index is 0.00984. The predicted octanol–water partition coefficient (Wildman–Crippen LogP) is 1.58. The fourth-order valence-corrected chi connectivity index (χ4v) is 2.80. The van der Waals surface area contributed by atoms with E-state index in [4.69, 9.17) is 5.73 Å². The first kappa shape index (κ1) is 13.2. The highest BCUT2D eigenvalue weighted by atomic mass is 79.9. The van der Waals surface area contributed by atoms with Crippen LogP contribution in [0.5, 0.6) is 0 Å². The molecule has 0 radical (unpaired) electrons. The van der Waals surface area contributed by atoms with E-state index in [-0.39, 0.29) is 24.3 Å². The molecule has 0 aliphatic carbocycles. The number of hydrogen-bond donors (Lipinski definition) is 1. The molecular formula is C13H15BrN2O2. The maximum atomic E-state index is 12.2. The molecule has 2 rings (SSSR count). The Hall–Kier alpha value is -1.20. The first-order chi connectivity index (χ1) is 8.59. The molecule has 1 aromatic rings. The van der Waals surface area contributed by atoms with Crippen molar-refractivity contribution in [2.75, 3.05) is 13.1 Å². The fourth-order valence-electron chi connectivity index (χ4n) is 2.29. The van der Waals surface area contributed by atoms with Crippen molar-refractivity contribution in [3.63, 3.8) is 0 Å². The molecule has 1 heterocycles. The number of carbonyl (C=O) groups excluding carboxylic acids is 2. The van der Waals surface area contributed by atoms with Crippen LogP contribution in [0.25, 0.3) is 0 Å². The molecule has 96 valence electrons. The molecule has 0 bridgehead atoms. The van der Waals surface area contributed by atoms with Crippen LogP contribution in [0.4, 0.5) is 0 Å². The summed E-state index contributed by atoms with van der Waals surface area (Å²) in [6.07, 6.45) is 1.66. The van der Waals surface area contributed by atoms with Crippen LogP contribution in [-0.2, 0) is 4.79 Å². The summed E-state index contributed by atoms with van der Waals surface area (Å²) < 4.78 is 0.782. The van der Waals surface area contributed by atoms with E-state index in [0.717, 1.165) is 23.9 Å². The summed E-state index contributed by atoms with van der Waals surface area (Å²) in [5, 5.41) is 0. The van der Waals surface area contributed by atoms with E-state index in [1.165, 1.54) is 0 Å². The molecule has 1 unspecified atom stereocenters. The normalized spacial score (nSPS) is 19.9. The van der Waals surface area contributed by atoms with E-state index in [1.54, 1.807) is 6.07 Å². The predicted molar refractivity (Wildman–Crippen MR) is 72.3 cm³/mol. The summed E-state index contributed by atoms with van der Waals surface area (Å²) in [6.45, 7) is 1.00. The minimum Gasteiger partial charge on any atom is -0.368 e. The first-order valence-corrected chi connectivity index (χ1v) is 6.70. The third-order valence-corrected chi connectivity index (χ3v) is 3.90. The maximum Gasteiger partial charge on any atom is 0.234 e. The van der Waals surface area contributed by atoms with Gasteiger partial charge in [-0.15, -0.1) is 0 Å². The van der Waals surface area contributed by atoms with Gasteiger partial charge in [0.1, 0.15) is 0 Å². The van der Waals surface area contributed by atoms with Gasteiger partial charge in [0.2, 0.25) is 5.91 Å². The van der Waals surface area contributed by atoms with Crippen LogP contribution < -0.4 is 5.73 Å². The second kappa shape index (κ2) is 5.63. The average Bonchev–Trinajstić information content (AvgIpc) is 2.77. The number of nitrogens with two attached hydrogens (primary N) is 1. The Morgan fingerprint density at radius 3 is 2.78 bits per heavy atom. The van der Waals surface area contributed by atoms with Crippen molar-refractivity contribution < 1.29 is 9.59 Å². The zero-order valence-corrected chi connectivity index (χ0v) is 11.5. The van der Waals surface area contributed by atoms with Crippen molar-refractivity contribution >= 4 is 27.6 Å². The number of Topliss-reactive ketones (excluding diaryl/α,β-unsaturated/α-hetero) is 1. The third kappa shape index (κ3) is 2.79. The van der Waals surface area contributed by atoms with Gasteiger partial charge in [-0.1, -0.05) is 34.1 Å². The van der Waals surface area contributed by atoms with Crippen LogP contribution >= 0.6 is 15.9 Å². The Morgan fingerprint density at radius 1 is 1.39 bits per heavy atom. The smallest absolute Gasteiger partial charge is 0.234 e. The quantitative estimate of drug-likeness (QED) is 0.859. The van der Waals surface area contributed by atoms with Gasteiger partial charge in [-0.25, -0.2) is 0 Å². The Labute approximate surface area is 114 Å². The van der Waals surface area contributed by atoms with Crippen molar-refractivity contribution in [1.82, 2.24) is 4.90 Å². The van der Waals surface area contributed by atoms with E-state index < -0.39 is 0 Å². The number of carbonyl (C=O) groups is 2. The van der Waals surface area contributed by atoms with Crippen molar-refractivity contribution in [2.45, 2.75) is 18.9 Å². The summed E-state index contributed by atoms with van der Waals surface area (Å²) in [5.74, 6) is -0.331. The third-order valence-electron chi connectivity index (χ3n) is 3.21. The fraction of sp³-hybridized carbons (Fsp3) is 0.385. The molecule has 1 aromatic carbocycles. The number of nitrogens with zero attached hydrogens (tertiary/aromatic N) is 1. The molecule has 2 N–H and O–H groups in total. The molecule has 1 aliphatic heterocycles. The molecule has 0 saturated carbocycles. The van der Waals surface area contributed by atoms with Crippen LogP contribution in [0.15, 0.2) is 28.7 Å². The molecule has 4 nitrogen and oxygen atoms in total. The lowest BCUT2D eigenvalue weighted by Crippen LogP contribution is -2.42. The topological polar surface area (TPSA) is 63.4 Å². The Bertz CT molecular complexity index is 476. The van der Waals surface area contributed by atoms with Gasteiger partial charge in [0.25, 0.3) is 0 Å². The molecule has 5 heteroatoms. The number of ketones is 1. The Kier molecular flexibility index (Phi) is 4.14. The van der Waals surface area contributed by atoms with Crippen LogP contribution in [0, 0.1) is 0 Å². The number of halogens is 1. The van der Waals surface area contributed by atoms with Gasteiger partial charge in [0.15, 0.2) is 5.78 Å². The highest BCUT2D eigenvalue weighted by Gasteiger charge is 2.30. The molecule has 18 heavy (non-hydrogen) atoms. The lowest BCUT2D eigenvalue weighted by Gasteiger charge is -2.20. The average molecular weight is 311 g/mol. The van der Waals surface area contributed by atoms with E-state index >= 15 is 0 Å². The SMILES string of the molecule is NC(=O)C1CCCN1CC(=O)c1ccccc1Br. The van der Waals surface area contributed by atoms with Crippen molar-refractivity contribution in [2.24, 2.45) is 5.73 Å². The minimum atomic E-state index is -0.340. The van der Waals surface area contributed by atoms with E-state index in [2.05, 4.69) is 15.9 Å². The van der Waals surface area contributed by atoms with Gasteiger partial charge in [0.05, 0.1) is 12.6 Å². The zero-order chi connectivity index (χ0) is 13.1. The first-order valence-electron chi connectivity index (χ1n) is 5.90. The number of likely N-dealkylation sites (tertiary alicyclic amines) is 1. The highest BCUT2D eigenvalue weighted by molar-refractivity contribution is 9.10. The monoisotopic (exact) mass is 310 g/mol. The largest absolute Gasteiger partial charge is 0.368 e. The number of primary amides is 1. The van der Waals surface area contributed by atoms with E-state index in [1.807, 2.05) is 23.1 Å². The highest BCUT2D eigenvalue weighted by Crippen LogP contribution is 2.20. The number of rotatable bonds is 4. The summed E-state index contributed by atoms with van der Waals surface area (Å²) in [4.78, 5) is 25.3. The van der Waals surface area contributed by atoms with Crippen molar-refractivity contribution in [3.05, 3.63) is 34.3 Å². The second-order valence-electron chi connectivity index (χ2n) is 4.43. The van der Waals surface area contributed by atoms with Crippen LogP contribution in [-0.4, -0.2) is 35.7 Å². The summed E-state index contributed by atoms with van der Waals surface area (Å²) in [5.41, 5.74) is 5.98. The van der Waals surface area contributed by atoms with Gasteiger partial charge in [-0.05, 0) is 25.5 Å². The summed E-state index contributed by atoms with van der Waals surface area (Å²) >= 11 is 3.36. The van der Waals surface area contributed by atoms with Gasteiger partial charge >= 0.3 is 0 Å². The Morgan fingerprint density at radius 2 is 2.11 bits per heavy atom. The van der Waals surface area contributed by atoms with Gasteiger partial charge in [-0.2, -0.15) is 0 Å². The van der Waals surface area contributed by atoms with Gasteiger partial charge < -0.3 is 5.73 Å². The van der Waals surface area contributed by atoms with Gasteiger partial charge in [-0.3, -0.25) is 14.5 Å². The molecule has 1 aliphatic rings. The van der Waals surface area contributed by atoms with Crippen LogP contribution in [0.1, 0.15) is 23.2 Å². The van der Waals surface area contributed by atoms with Gasteiger partial charge in [0, 0.05) is 10.0 Å². The zero-order valence-electron chi connectivity index (χ0n) is 9.93. The molecule has 0 spiro atoms. The molecule has 0 aromatic heterocycles. The number of hydrogen-bond acceptors (Lipinski definition) is 3. The second-order valence-corrected chi connectivity index (χ2v) is 5.29. The standard InChI is InChI=1S/C13H15BrN2O2/c14-10-5-2-1-4-9(10)12(17)8-16-7-3-6-11(16)13(15)18/h1-2,4-5,11H,3,6-8H2,(H2,15,18). The lowest BCUT2D eigenvalue weighted by molar-refractivity contribution is -0.122. The number of amides is 1. The van der Waals surface area contributed by atoms with E-state index in [9.17, 15) is 9.59 Å². The molecule has 1 atom stereocenters. The Balaban J connectivity index is 2.08.